The molecule has 1 amide bonds. The van der Waals surface area contributed by atoms with Gasteiger partial charge in [0.05, 0.1) is 18.6 Å². The summed E-state index contributed by atoms with van der Waals surface area (Å²) >= 11 is 0. The Balaban J connectivity index is 1.98. The summed E-state index contributed by atoms with van der Waals surface area (Å²) in [5.74, 6) is -0.696. The molecule has 0 aliphatic heterocycles. The predicted molar refractivity (Wildman–Crippen MR) is 62.3 cm³/mol. The Labute approximate surface area is 108 Å². The Bertz CT molecular complexity index is 473. The Morgan fingerprint density at radius 3 is 2.74 bits per heavy atom. The number of alkyl halides is 3. The molecule has 19 heavy (non-hydrogen) atoms. The van der Waals surface area contributed by atoms with Gasteiger partial charge >= 0.3 is 6.18 Å². The van der Waals surface area contributed by atoms with Crippen LogP contribution in [0.4, 0.5) is 13.2 Å². The molecule has 1 aromatic carbocycles. The molecule has 1 aliphatic carbocycles. The van der Waals surface area contributed by atoms with Crippen molar-refractivity contribution >= 4 is 5.91 Å². The fraction of sp³-hybridized carbons (Fsp3) is 0.462. The number of hydrogen-bond donors (Lipinski definition) is 2. The van der Waals surface area contributed by atoms with E-state index in [1.54, 1.807) is 12.1 Å². The molecule has 0 heterocycles. The van der Waals surface area contributed by atoms with Gasteiger partial charge in [-0.25, -0.2) is 0 Å². The van der Waals surface area contributed by atoms with Gasteiger partial charge < -0.3 is 10.4 Å². The summed E-state index contributed by atoms with van der Waals surface area (Å²) in [5.41, 5.74) is 1.69. The van der Waals surface area contributed by atoms with Gasteiger partial charge in [-0.1, -0.05) is 24.3 Å². The van der Waals surface area contributed by atoms with Crippen LogP contribution in [0.2, 0.25) is 0 Å². The maximum atomic E-state index is 12.0. The average Bonchev–Trinajstić information content (AvgIpc) is 2.63. The van der Waals surface area contributed by atoms with Crippen molar-refractivity contribution in [2.75, 3.05) is 0 Å². The molecule has 104 valence electrons. The van der Waals surface area contributed by atoms with Crippen LogP contribution in [0.15, 0.2) is 24.3 Å². The summed E-state index contributed by atoms with van der Waals surface area (Å²) in [6.07, 6.45) is -6.49. The van der Waals surface area contributed by atoms with Crippen molar-refractivity contribution in [2.45, 2.75) is 37.6 Å². The van der Waals surface area contributed by atoms with Crippen molar-refractivity contribution in [1.82, 2.24) is 5.32 Å². The van der Waals surface area contributed by atoms with E-state index in [-0.39, 0.29) is 0 Å². The first-order valence-electron chi connectivity index (χ1n) is 5.99. The van der Waals surface area contributed by atoms with Crippen LogP contribution < -0.4 is 5.32 Å². The van der Waals surface area contributed by atoms with E-state index in [0.29, 0.717) is 6.42 Å². The average molecular weight is 273 g/mol. The fourth-order valence-electron chi connectivity index (χ4n) is 2.25. The number of amides is 1. The molecule has 0 bridgehead atoms. The molecule has 2 rings (SSSR count). The van der Waals surface area contributed by atoms with E-state index >= 15 is 0 Å². The zero-order valence-electron chi connectivity index (χ0n) is 10.1. The summed E-state index contributed by atoms with van der Waals surface area (Å²) in [4.78, 5) is 11.5. The van der Waals surface area contributed by atoms with Gasteiger partial charge in [-0.3, -0.25) is 4.79 Å². The van der Waals surface area contributed by atoms with Crippen molar-refractivity contribution < 1.29 is 23.1 Å². The second-order valence-electron chi connectivity index (χ2n) is 4.63. The monoisotopic (exact) mass is 273 g/mol. The highest BCUT2D eigenvalue weighted by Gasteiger charge is 2.33. The van der Waals surface area contributed by atoms with Crippen molar-refractivity contribution in [2.24, 2.45) is 0 Å². The molecule has 0 radical (unpaired) electrons. The molecule has 0 saturated carbocycles. The number of carbonyl (C=O) groups is 1. The zero-order chi connectivity index (χ0) is 14.0. The zero-order valence-corrected chi connectivity index (χ0v) is 10.1. The molecule has 0 aromatic heterocycles. The molecular formula is C13H14F3NO2. The number of hydrogen-bond acceptors (Lipinski definition) is 2. The van der Waals surface area contributed by atoms with E-state index in [2.05, 4.69) is 5.32 Å². The normalized spacial score (nSPS) is 22.1. The number of rotatable bonds is 3. The van der Waals surface area contributed by atoms with Crippen LogP contribution in [0.3, 0.4) is 0 Å². The molecule has 2 atom stereocenters. The van der Waals surface area contributed by atoms with E-state index in [1.807, 2.05) is 12.1 Å². The lowest BCUT2D eigenvalue weighted by molar-refractivity contribution is -0.144. The summed E-state index contributed by atoms with van der Waals surface area (Å²) in [5, 5.41) is 12.3. The third-order valence-electron chi connectivity index (χ3n) is 3.16. The summed E-state index contributed by atoms with van der Waals surface area (Å²) in [7, 11) is 0. The Morgan fingerprint density at radius 2 is 2.05 bits per heavy atom. The van der Waals surface area contributed by atoms with Gasteiger partial charge in [0.1, 0.15) is 0 Å². The third-order valence-corrected chi connectivity index (χ3v) is 3.16. The molecular weight excluding hydrogens is 259 g/mol. The van der Waals surface area contributed by atoms with Crippen molar-refractivity contribution in [3.8, 4) is 0 Å². The Hall–Kier alpha value is -1.56. The van der Waals surface area contributed by atoms with Crippen LogP contribution in [0.5, 0.6) is 0 Å². The quantitative estimate of drug-likeness (QED) is 0.886. The van der Waals surface area contributed by atoms with Crippen LogP contribution in [0.25, 0.3) is 0 Å². The lowest BCUT2D eigenvalue weighted by Crippen LogP contribution is -2.34. The Morgan fingerprint density at radius 1 is 1.37 bits per heavy atom. The Kier molecular flexibility index (Phi) is 3.80. The lowest BCUT2D eigenvalue weighted by atomic mass is 10.1. The van der Waals surface area contributed by atoms with Gasteiger partial charge in [0, 0.05) is 12.8 Å². The van der Waals surface area contributed by atoms with E-state index < -0.39 is 37.1 Å². The van der Waals surface area contributed by atoms with E-state index in [0.717, 1.165) is 11.1 Å². The van der Waals surface area contributed by atoms with Crippen molar-refractivity contribution in [3.05, 3.63) is 35.4 Å². The van der Waals surface area contributed by atoms with E-state index in [4.69, 9.17) is 0 Å². The maximum absolute atomic E-state index is 12.0. The molecule has 1 aromatic rings. The minimum Gasteiger partial charge on any atom is -0.390 e. The predicted octanol–water partition coefficient (Wildman–Crippen LogP) is 2.10. The van der Waals surface area contributed by atoms with Gasteiger partial charge in [0.15, 0.2) is 0 Å². The van der Waals surface area contributed by atoms with Gasteiger partial charge in [-0.05, 0) is 11.1 Å². The molecule has 0 saturated heterocycles. The molecule has 6 heteroatoms. The topological polar surface area (TPSA) is 49.3 Å². The lowest BCUT2D eigenvalue weighted by Gasteiger charge is -2.18. The molecule has 2 N–H and O–H groups in total. The first kappa shape index (κ1) is 13.9. The molecule has 1 aliphatic rings. The van der Waals surface area contributed by atoms with Gasteiger partial charge in [-0.2, -0.15) is 13.2 Å². The highest BCUT2D eigenvalue weighted by Crippen LogP contribution is 2.31. The second-order valence-corrected chi connectivity index (χ2v) is 4.63. The minimum atomic E-state index is -4.34. The second kappa shape index (κ2) is 5.21. The SMILES string of the molecule is O=C(CCC(F)(F)F)NC1c2ccccc2CC1O. The summed E-state index contributed by atoms with van der Waals surface area (Å²) in [6.45, 7) is 0. The molecule has 0 spiro atoms. The van der Waals surface area contributed by atoms with Gasteiger partial charge in [0.25, 0.3) is 0 Å². The maximum Gasteiger partial charge on any atom is 0.389 e. The van der Waals surface area contributed by atoms with E-state index in [9.17, 15) is 23.1 Å². The van der Waals surface area contributed by atoms with Crippen LogP contribution in [-0.2, 0) is 11.2 Å². The van der Waals surface area contributed by atoms with Crippen LogP contribution in [-0.4, -0.2) is 23.3 Å². The van der Waals surface area contributed by atoms with E-state index in [1.165, 1.54) is 0 Å². The summed E-state index contributed by atoms with van der Waals surface area (Å²) < 4.78 is 36.0. The van der Waals surface area contributed by atoms with Crippen LogP contribution in [0.1, 0.15) is 30.0 Å². The van der Waals surface area contributed by atoms with Gasteiger partial charge in [-0.15, -0.1) is 0 Å². The minimum absolute atomic E-state index is 0.403. The van der Waals surface area contributed by atoms with Crippen molar-refractivity contribution in [1.29, 1.82) is 0 Å². The first-order chi connectivity index (χ1) is 8.87. The highest BCUT2D eigenvalue weighted by molar-refractivity contribution is 5.76. The molecule has 2 unspecified atom stereocenters. The van der Waals surface area contributed by atoms with Crippen molar-refractivity contribution in [3.63, 3.8) is 0 Å². The number of benzene rings is 1. The number of halogens is 3. The third kappa shape index (κ3) is 3.47. The van der Waals surface area contributed by atoms with Crippen LogP contribution >= 0.6 is 0 Å². The molecule has 3 nitrogen and oxygen atoms in total. The van der Waals surface area contributed by atoms with Gasteiger partial charge in [0.2, 0.25) is 5.91 Å². The highest BCUT2D eigenvalue weighted by atomic mass is 19.4. The number of nitrogens with one attached hydrogen (secondary N) is 1. The number of aliphatic hydroxyl groups is 1. The number of carbonyl (C=O) groups excluding carboxylic acids is 1. The largest absolute Gasteiger partial charge is 0.390 e. The standard InChI is InChI=1S/C13H14F3NO2/c14-13(15,16)6-5-11(19)17-12-9-4-2-1-3-8(9)7-10(12)18/h1-4,10,12,18H,5-7H2,(H,17,19). The first-order valence-corrected chi connectivity index (χ1v) is 5.99. The smallest absolute Gasteiger partial charge is 0.389 e. The number of fused-ring (bicyclic) bond motifs is 1. The fourth-order valence-corrected chi connectivity index (χ4v) is 2.25. The summed E-state index contributed by atoms with van der Waals surface area (Å²) in [6, 6.07) is 6.57. The number of aliphatic hydroxyl groups excluding tert-OH is 1. The molecule has 0 fully saturated rings. The van der Waals surface area contributed by atoms with Crippen LogP contribution in [0, 0.1) is 0 Å².